The first-order chi connectivity index (χ1) is 8.14. The summed E-state index contributed by atoms with van der Waals surface area (Å²) in [6, 6.07) is 6.55. The van der Waals surface area contributed by atoms with E-state index >= 15 is 0 Å². The molecule has 0 radical (unpaired) electrons. The third kappa shape index (κ3) is 1.85. The van der Waals surface area contributed by atoms with Crippen LogP contribution in [0.25, 0.3) is 9.88 Å². The van der Waals surface area contributed by atoms with Crippen molar-refractivity contribution in [2.24, 2.45) is 0 Å². The van der Waals surface area contributed by atoms with Crippen LogP contribution < -0.4 is 0 Å². The molecule has 1 aliphatic rings. The van der Waals surface area contributed by atoms with Crippen LogP contribution in [-0.4, -0.2) is 4.98 Å². The zero-order valence-electron chi connectivity index (χ0n) is 9.16. The molecule has 2 heterocycles. The number of nitriles is 1. The summed E-state index contributed by atoms with van der Waals surface area (Å²) in [5.74, 6) is 0. The quantitative estimate of drug-likeness (QED) is 0.815. The van der Waals surface area contributed by atoms with Crippen LogP contribution in [0.15, 0.2) is 15.9 Å². The number of hydrogen-bond acceptors (Lipinski definition) is 4. The van der Waals surface area contributed by atoms with Gasteiger partial charge in [0.15, 0.2) is 0 Å². The van der Waals surface area contributed by atoms with Crippen molar-refractivity contribution in [2.45, 2.75) is 25.2 Å². The van der Waals surface area contributed by atoms with Crippen LogP contribution in [-0.2, 0) is 5.41 Å². The molecule has 0 unspecified atom stereocenters. The van der Waals surface area contributed by atoms with Gasteiger partial charge in [0.25, 0.3) is 0 Å². The van der Waals surface area contributed by atoms with Gasteiger partial charge in [-0.2, -0.15) is 5.26 Å². The van der Waals surface area contributed by atoms with Crippen LogP contribution in [0.3, 0.4) is 0 Å². The van der Waals surface area contributed by atoms with E-state index in [0.29, 0.717) is 0 Å². The molecule has 0 saturated heterocycles. The second kappa shape index (κ2) is 3.91. The van der Waals surface area contributed by atoms with Crippen LogP contribution in [0.5, 0.6) is 0 Å². The Kier molecular flexibility index (Phi) is 2.62. The highest BCUT2D eigenvalue weighted by Gasteiger charge is 2.47. The third-order valence-electron chi connectivity index (χ3n) is 2.98. The molecule has 2 aromatic rings. The van der Waals surface area contributed by atoms with Gasteiger partial charge < -0.3 is 0 Å². The number of halogens is 1. The number of thiophene rings is 1. The molecular weight excluding hydrogens is 316 g/mol. The molecule has 0 aliphatic heterocycles. The zero-order valence-corrected chi connectivity index (χ0v) is 12.4. The fourth-order valence-corrected chi connectivity index (χ4v) is 4.59. The van der Waals surface area contributed by atoms with Crippen molar-refractivity contribution >= 4 is 38.6 Å². The van der Waals surface area contributed by atoms with Crippen LogP contribution in [0.1, 0.15) is 23.4 Å². The van der Waals surface area contributed by atoms with Gasteiger partial charge in [-0.25, -0.2) is 4.98 Å². The molecular formula is C12H9BrN2S2. The predicted molar refractivity (Wildman–Crippen MR) is 74.4 cm³/mol. The Morgan fingerprint density at radius 2 is 2.18 bits per heavy atom. The Morgan fingerprint density at radius 1 is 1.41 bits per heavy atom. The van der Waals surface area contributed by atoms with Crippen molar-refractivity contribution in [3.05, 3.63) is 26.5 Å². The number of aromatic nitrogens is 1. The standard InChI is InChI=1S/C12H9BrN2S2/c1-7-10(12(6-14)4-5-12)17-11(15-7)8-2-3-9(13)16-8/h2-3H,4-5H2,1H3. The van der Waals surface area contributed by atoms with Crippen molar-refractivity contribution < 1.29 is 0 Å². The molecule has 1 fully saturated rings. The lowest BCUT2D eigenvalue weighted by Crippen LogP contribution is -2.01. The van der Waals surface area contributed by atoms with Crippen LogP contribution in [0, 0.1) is 18.3 Å². The summed E-state index contributed by atoms with van der Waals surface area (Å²) in [6.45, 7) is 2.01. The first-order valence-electron chi connectivity index (χ1n) is 5.29. The Balaban J connectivity index is 2.05. The summed E-state index contributed by atoms with van der Waals surface area (Å²) < 4.78 is 1.11. The fraction of sp³-hybridized carbons (Fsp3) is 0.333. The van der Waals surface area contributed by atoms with E-state index in [1.165, 1.54) is 9.75 Å². The van der Waals surface area contributed by atoms with E-state index in [2.05, 4.69) is 33.0 Å². The molecule has 1 saturated carbocycles. The van der Waals surface area contributed by atoms with E-state index in [-0.39, 0.29) is 5.41 Å². The van der Waals surface area contributed by atoms with Crippen molar-refractivity contribution in [1.82, 2.24) is 4.98 Å². The lowest BCUT2D eigenvalue weighted by molar-refractivity contribution is 0.914. The highest BCUT2D eigenvalue weighted by Crippen LogP contribution is 2.52. The average Bonchev–Trinajstić information content (AvgIpc) is 2.83. The largest absolute Gasteiger partial charge is 0.240 e. The van der Waals surface area contributed by atoms with Crippen molar-refractivity contribution in [3.63, 3.8) is 0 Å². The van der Waals surface area contributed by atoms with Gasteiger partial charge in [-0.3, -0.25) is 0 Å². The molecule has 0 aromatic carbocycles. The maximum Gasteiger partial charge on any atom is 0.133 e. The number of rotatable bonds is 2. The molecule has 1 aliphatic carbocycles. The van der Waals surface area contributed by atoms with E-state index in [0.717, 1.165) is 27.3 Å². The van der Waals surface area contributed by atoms with E-state index in [1.54, 1.807) is 22.7 Å². The van der Waals surface area contributed by atoms with Crippen molar-refractivity contribution in [3.8, 4) is 16.0 Å². The van der Waals surface area contributed by atoms with E-state index < -0.39 is 0 Å². The van der Waals surface area contributed by atoms with Gasteiger partial charge in [0, 0.05) is 4.88 Å². The number of nitrogens with zero attached hydrogens (tertiary/aromatic N) is 2. The third-order valence-corrected chi connectivity index (χ3v) is 6.13. The lowest BCUT2D eigenvalue weighted by atomic mass is 10.1. The first-order valence-corrected chi connectivity index (χ1v) is 7.72. The summed E-state index contributed by atoms with van der Waals surface area (Å²) in [4.78, 5) is 6.94. The van der Waals surface area contributed by atoms with Crippen molar-refractivity contribution in [2.75, 3.05) is 0 Å². The number of aryl methyl sites for hydroxylation is 1. The SMILES string of the molecule is Cc1nc(-c2ccc(Br)s2)sc1C1(C#N)CC1. The molecule has 5 heteroatoms. The molecule has 17 heavy (non-hydrogen) atoms. The van der Waals surface area contributed by atoms with Gasteiger partial charge in [-0.1, -0.05) is 0 Å². The summed E-state index contributed by atoms with van der Waals surface area (Å²) >= 11 is 6.82. The van der Waals surface area contributed by atoms with Crippen LogP contribution in [0.4, 0.5) is 0 Å². The Labute approximate surface area is 116 Å². The smallest absolute Gasteiger partial charge is 0.133 e. The number of hydrogen-bond donors (Lipinski definition) is 0. The Hall–Kier alpha value is -0.700. The lowest BCUT2D eigenvalue weighted by Gasteiger charge is -2.00. The summed E-state index contributed by atoms with van der Waals surface area (Å²) in [5, 5.41) is 10.3. The monoisotopic (exact) mass is 324 g/mol. The van der Waals surface area contributed by atoms with Gasteiger partial charge >= 0.3 is 0 Å². The second-order valence-electron chi connectivity index (χ2n) is 4.23. The molecule has 0 spiro atoms. The van der Waals surface area contributed by atoms with Crippen LogP contribution in [0.2, 0.25) is 0 Å². The van der Waals surface area contributed by atoms with Gasteiger partial charge in [-0.05, 0) is 47.8 Å². The summed E-state index contributed by atoms with van der Waals surface area (Å²) in [6.07, 6.45) is 1.97. The van der Waals surface area contributed by atoms with E-state index in [1.807, 2.05) is 13.0 Å². The molecule has 0 amide bonds. The zero-order chi connectivity index (χ0) is 12.0. The van der Waals surface area contributed by atoms with Gasteiger partial charge in [0.1, 0.15) is 5.01 Å². The number of thiazole rings is 1. The first kappa shape index (κ1) is 11.4. The van der Waals surface area contributed by atoms with Gasteiger partial charge in [0.05, 0.1) is 25.8 Å². The molecule has 0 atom stereocenters. The topological polar surface area (TPSA) is 36.7 Å². The normalized spacial score (nSPS) is 16.8. The van der Waals surface area contributed by atoms with Crippen LogP contribution >= 0.6 is 38.6 Å². The van der Waals surface area contributed by atoms with E-state index in [9.17, 15) is 5.26 Å². The highest BCUT2D eigenvalue weighted by atomic mass is 79.9. The Bertz CT molecular complexity index is 617. The van der Waals surface area contributed by atoms with Crippen molar-refractivity contribution in [1.29, 1.82) is 5.26 Å². The average molecular weight is 325 g/mol. The summed E-state index contributed by atoms with van der Waals surface area (Å²) in [5.41, 5.74) is 0.808. The molecule has 86 valence electrons. The molecule has 2 aromatic heterocycles. The minimum absolute atomic E-state index is 0.214. The van der Waals surface area contributed by atoms with Gasteiger partial charge in [-0.15, -0.1) is 22.7 Å². The maximum absolute atomic E-state index is 9.24. The Morgan fingerprint density at radius 3 is 2.71 bits per heavy atom. The second-order valence-corrected chi connectivity index (χ2v) is 7.69. The minimum Gasteiger partial charge on any atom is -0.240 e. The molecule has 0 N–H and O–H groups in total. The van der Waals surface area contributed by atoms with E-state index in [4.69, 9.17) is 0 Å². The molecule has 3 rings (SSSR count). The maximum atomic E-state index is 9.24. The summed E-state index contributed by atoms with van der Waals surface area (Å²) in [7, 11) is 0. The fourth-order valence-electron chi connectivity index (χ4n) is 1.89. The van der Waals surface area contributed by atoms with Gasteiger partial charge in [0.2, 0.25) is 0 Å². The predicted octanol–water partition coefficient (Wildman–Crippen LogP) is 4.50. The molecule has 2 nitrogen and oxygen atoms in total. The minimum atomic E-state index is -0.214. The molecule has 0 bridgehead atoms. The highest BCUT2D eigenvalue weighted by molar-refractivity contribution is 9.11.